The van der Waals surface area contributed by atoms with Crippen molar-refractivity contribution in [2.75, 3.05) is 13.7 Å². The number of ether oxygens (including phenoxy) is 5. The van der Waals surface area contributed by atoms with Gasteiger partial charge in [0.2, 0.25) is 0 Å². The maximum absolute atomic E-state index is 6.37. The van der Waals surface area contributed by atoms with Crippen LogP contribution in [0.5, 0.6) is 0 Å². The molecule has 1 saturated heterocycles. The van der Waals surface area contributed by atoms with Crippen LogP contribution in [-0.2, 0) is 43.5 Å². The number of hydrogen-bond donors (Lipinski definition) is 0. The Morgan fingerprint density at radius 3 is 1.53 bits per heavy atom. The zero-order valence-corrected chi connectivity index (χ0v) is 24.7. The van der Waals surface area contributed by atoms with Crippen molar-refractivity contribution in [2.24, 2.45) is 0 Å². The van der Waals surface area contributed by atoms with Gasteiger partial charge in [-0.05, 0) is 53.1 Å². The maximum Gasteiger partial charge on any atom is 0.186 e. The topological polar surface area (TPSA) is 46.2 Å². The van der Waals surface area contributed by atoms with Gasteiger partial charge in [0.15, 0.2) is 6.29 Å². The maximum atomic E-state index is 6.37. The van der Waals surface area contributed by atoms with Gasteiger partial charge in [0, 0.05) is 37.2 Å². The normalized spacial score (nSPS) is 21.2. The summed E-state index contributed by atoms with van der Waals surface area (Å²) in [5.74, 6) is 0. The summed E-state index contributed by atoms with van der Waals surface area (Å²) in [5, 5.41) is 3.14. The van der Waals surface area contributed by atoms with Gasteiger partial charge in [0.1, 0.15) is 18.3 Å². The van der Waals surface area contributed by atoms with Gasteiger partial charge in [-0.2, -0.15) is 0 Å². The zero-order valence-electron chi connectivity index (χ0n) is 20.1. The van der Waals surface area contributed by atoms with Crippen molar-refractivity contribution in [2.45, 2.75) is 44.4 Å². The third-order valence-electron chi connectivity index (χ3n) is 5.95. The van der Waals surface area contributed by atoms with E-state index in [4.69, 9.17) is 93.3 Å². The number of halogens is 6. The molecule has 204 valence electrons. The smallest absolute Gasteiger partial charge is 0.186 e. The summed E-state index contributed by atoms with van der Waals surface area (Å²) in [4.78, 5) is 0. The van der Waals surface area contributed by atoms with Gasteiger partial charge < -0.3 is 23.7 Å². The third-order valence-corrected chi connectivity index (χ3v) is 7.71. The monoisotopic (exact) mass is 638 g/mol. The summed E-state index contributed by atoms with van der Waals surface area (Å²) >= 11 is 37.1. The molecule has 0 spiro atoms. The first-order chi connectivity index (χ1) is 18.2. The lowest BCUT2D eigenvalue weighted by Crippen LogP contribution is -2.39. The van der Waals surface area contributed by atoms with Crippen molar-refractivity contribution in [3.8, 4) is 0 Å². The van der Waals surface area contributed by atoms with Crippen molar-refractivity contribution in [3.63, 3.8) is 0 Å². The highest BCUT2D eigenvalue weighted by molar-refractivity contribution is 6.36. The molecule has 38 heavy (non-hydrogen) atoms. The molecule has 1 fully saturated rings. The molecule has 0 N–H and O–H groups in total. The first-order valence-corrected chi connectivity index (χ1v) is 13.8. The Kier molecular flexibility index (Phi) is 11.3. The molecule has 0 saturated carbocycles. The van der Waals surface area contributed by atoms with Crippen molar-refractivity contribution in [3.05, 3.63) is 101 Å². The fourth-order valence-electron chi connectivity index (χ4n) is 3.97. The van der Waals surface area contributed by atoms with Gasteiger partial charge >= 0.3 is 0 Å². The van der Waals surface area contributed by atoms with E-state index in [1.165, 1.54) is 0 Å². The van der Waals surface area contributed by atoms with Gasteiger partial charge in [-0.15, -0.1) is 0 Å². The van der Waals surface area contributed by atoms with Crippen molar-refractivity contribution in [1.82, 2.24) is 0 Å². The molecule has 0 radical (unpaired) electrons. The van der Waals surface area contributed by atoms with Crippen LogP contribution in [-0.4, -0.2) is 38.3 Å². The van der Waals surface area contributed by atoms with Crippen molar-refractivity contribution in [1.29, 1.82) is 0 Å². The summed E-state index contributed by atoms with van der Waals surface area (Å²) < 4.78 is 30.2. The number of hydrogen-bond acceptors (Lipinski definition) is 5. The lowest BCUT2D eigenvalue weighted by Gasteiger charge is -2.25. The second-order valence-corrected chi connectivity index (χ2v) is 11.1. The first-order valence-electron chi connectivity index (χ1n) is 11.6. The molecular weight excluding hydrogens is 617 g/mol. The minimum Gasteiger partial charge on any atom is -0.374 e. The predicted octanol–water partition coefficient (Wildman–Crippen LogP) is 8.67. The van der Waals surface area contributed by atoms with Crippen LogP contribution in [0.3, 0.4) is 0 Å². The molecule has 1 heterocycles. The van der Waals surface area contributed by atoms with Crippen molar-refractivity contribution < 1.29 is 23.7 Å². The minimum atomic E-state index is -0.709. The summed E-state index contributed by atoms with van der Waals surface area (Å²) in [6.07, 6.45) is -2.37. The van der Waals surface area contributed by atoms with E-state index in [1.54, 1.807) is 43.5 Å². The highest BCUT2D eigenvalue weighted by Crippen LogP contribution is 2.32. The van der Waals surface area contributed by atoms with Crippen LogP contribution < -0.4 is 0 Å². The molecule has 4 rings (SSSR count). The molecule has 3 aromatic rings. The Bertz CT molecular complexity index is 1240. The Morgan fingerprint density at radius 1 is 0.632 bits per heavy atom. The SMILES string of the molecule is CO[C@@H]1O[C@H](COCc2ccc(Cl)cc2Cl)[C@H](OCc2ccc(Cl)cc2Cl)C1OCc1ccc(Cl)cc1Cl. The Balaban J connectivity index is 1.49. The highest BCUT2D eigenvalue weighted by Gasteiger charge is 2.47. The lowest BCUT2D eigenvalue weighted by molar-refractivity contribution is -0.170. The van der Waals surface area contributed by atoms with Crippen LogP contribution in [0, 0.1) is 0 Å². The molecule has 4 atom stereocenters. The number of methoxy groups -OCH3 is 1. The third kappa shape index (κ3) is 7.90. The molecule has 3 aromatic carbocycles. The molecule has 0 aromatic heterocycles. The van der Waals surface area contributed by atoms with E-state index < -0.39 is 24.6 Å². The summed E-state index contributed by atoms with van der Waals surface area (Å²) in [6, 6.07) is 15.7. The molecule has 1 aliphatic heterocycles. The minimum absolute atomic E-state index is 0.194. The van der Waals surface area contributed by atoms with Crippen LogP contribution >= 0.6 is 69.6 Å². The van der Waals surface area contributed by atoms with E-state index >= 15 is 0 Å². The van der Waals surface area contributed by atoms with E-state index in [1.807, 2.05) is 18.2 Å². The van der Waals surface area contributed by atoms with E-state index in [2.05, 4.69) is 0 Å². The second kappa shape index (κ2) is 14.2. The molecule has 0 amide bonds. The van der Waals surface area contributed by atoms with Crippen LogP contribution in [0.25, 0.3) is 0 Å². The molecular formula is C27H24Cl6O5. The number of rotatable bonds is 11. The molecule has 5 nitrogen and oxygen atoms in total. The van der Waals surface area contributed by atoms with Gasteiger partial charge in [-0.3, -0.25) is 0 Å². The van der Waals surface area contributed by atoms with E-state index in [-0.39, 0.29) is 26.4 Å². The second-order valence-electron chi connectivity index (χ2n) is 8.55. The van der Waals surface area contributed by atoms with Gasteiger partial charge in [-0.1, -0.05) is 87.8 Å². The molecule has 0 aliphatic carbocycles. The highest BCUT2D eigenvalue weighted by atomic mass is 35.5. The molecule has 0 bridgehead atoms. The summed E-state index contributed by atoms with van der Waals surface area (Å²) in [7, 11) is 1.54. The van der Waals surface area contributed by atoms with Crippen LogP contribution in [0.2, 0.25) is 30.1 Å². The molecule has 1 aliphatic rings. The average molecular weight is 641 g/mol. The zero-order chi connectivity index (χ0) is 27.2. The van der Waals surface area contributed by atoms with E-state index in [0.29, 0.717) is 30.1 Å². The first kappa shape index (κ1) is 30.2. The van der Waals surface area contributed by atoms with Crippen LogP contribution in [0.15, 0.2) is 54.6 Å². The van der Waals surface area contributed by atoms with Crippen molar-refractivity contribution >= 4 is 69.6 Å². The van der Waals surface area contributed by atoms with E-state index in [0.717, 1.165) is 16.7 Å². The predicted molar refractivity (Wildman–Crippen MR) is 152 cm³/mol. The summed E-state index contributed by atoms with van der Waals surface area (Å²) in [6.45, 7) is 0.843. The van der Waals surface area contributed by atoms with Gasteiger partial charge in [0.05, 0.1) is 26.4 Å². The average Bonchev–Trinajstić information content (AvgIpc) is 3.20. The standard InChI is InChI=1S/C27H24Cl6O5/c1-34-27-26(37-13-17-4-7-20(30)10-23(17)33)25(36-12-16-3-6-19(29)9-22(16)32)24(38-27)14-35-11-15-2-5-18(28)8-21(15)31/h2-10,24-27H,11-14H2,1H3/t24-,25+,26?,27-/m1/s1. The van der Waals surface area contributed by atoms with Crippen LogP contribution in [0.4, 0.5) is 0 Å². The summed E-state index contributed by atoms with van der Waals surface area (Å²) in [5.41, 5.74) is 2.33. The lowest BCUT2D eigenvalue weighted by atomic mass is 10.1. The number of benzene rings is 3. The van der Waals surface area contributed by atoms with Gasteiger partial charge in [-0.25, -0.2) is 0 Å². The van der Waals surface area contributed by atoms with Gasteiger partial charge in [0.25, 0.3) is 0 Å². The van der Waals surface area contributed by atoms with Crippen LogP contribution in [0.1, 0.15) is 16.7 Å². The Morgan fingerprint density at radius 2 is 1.08 bits per heavy atom. The fraction of sp³-hybridized carbons (Fsp3) is 0.333. The van der Waals surface area contributed by atoms with E-state index in [9.17, 15) is 0 Å². The fourth-order valence-corrected chi connectivity index (χ4v) is 5.36. The molecule has 1 unspecified atom stereocenters. The largest absolute Gasteiger partial charge is 0.374 e. The quantitative estimate of drug-likeness (QED) is 0.210. The Hall–Kier alpha value is -0.800. The molecule has 11 heteroatoms. The Labute approximate surface area is 251 Å².